The molecule has 1 fully saturated rings. The van der Waals surface area contributed by atoms with Crippen molar-refractivity contribution in [2.45, 2.75) is 12.3 Å². The van der Waals surface area contributed by atoms with Gasteiger partial charge in [-0.15, -0.1) is 5.10 Å². The van der Waals surface area contributed by atoms with Gasteiger partial charge < -0.3 is 25.2 Å². The molecule has 0 aromatic heterocycles. The third-order valence-electron chi connectivity index (χ3n) is 6.34. The summed E-state index contributed by atoms with van der Waals surface area (Å²) in [6.45, 7) is 3.31. The van der Waals surface area contributed by atoms with E-state index in [-0.39, 0.29) is 17.5 Å². The van der Waals surface area contributed by atoms with Crippen LogP contribution in [0.5, 0.6) is 5.75 Å². The Bertz CT molecular complexity index is 1350. The van der Waals surface area contributed by atoms with Gasteiger partial charge in [0, 0.05) is 49.6 Å². The number of rotatable bonds is 4. The zero-order valence-electron chi connectivity index (χ0n) is 21.0. The standard InChI is InChI=1S/C26H26F3N7O3/c1-34-10-12-35(13-11-34)25(38)32-21-16-36-22(31-21)8-9-23(33-36)39-20-7-3-6-19(15-20)30-24(37)17-4-2-5-18(14-17)26(27,28)29/h2-9,14-15,21H,10-13,16H2,1H3,(H,30,37)(H,32,38). The lowest BCUT2D eigenvalue weighted by atomic mass is 10.1. The predicted molar refractivity (Wildman–Crippen MR) is 139 cm³/mol. The topological polar surface area (TPSA) is 102 Å². The normalized spacial score (nSPS) is 19.2. The number of fused-ring (bicyclic) bond motifs is 1. The van der Waals surface area contributed by atoms with E-state index in [2.05, 4.69) is 25.6 Å². The molecule has 3 heterocycles. The van der Waals surface area contributed by atoms with Gasteiger partial charge in [-0.3, -0.25) is 4.79 Å². The maximum atomic E-state index is 13.0. The second-order valence-corrected chi connectivity index (χ2v) is 9.26. The van der Waals surface area contributed by atoms with E-state index >= 15 is 0 Å². The Morgan fingerprint density at radius 1 is 1.03 bits per heavy atom. The molecule has 0 aliphatic carbocycles. The number of aliphatic imine (C=N–C) groups is 1. The van der Waals surface area contributed by atoms with Crippen LogP contribution >= 0.6 is 0 Å². The summed E-state index contributed by atoms with van der Waals surface area (Å²) in [5, 5.41) is 11.6. The monoisotopic (exact) mass is 541 g/mol. The van der Waals surface area contributed by atoms with Crippen molar-refractivity contribution in [1.29, 1.82) is 0 Å². The Hall–Kier alpha value is -4.39. The zero-order chi connectivity index (χ0) is 27.6. The predicted octanol–water partition coefficient (Wildman–Crippen LogP) is 3.22. The fourth-order valence-corrected chi connectivity index (χ4v) is 4.22. The van der Waals surface area contributed by atoms with Gasteiger partial charge in [-0.2, -0.15) is 13.2 Å². The van der Waals surface area contributed by atoms with Crippen molar-refractivity contribution in [2.24, 2.45) is 10.1 Å². The average molecular weight is 542 g/mol. The molecule has 2 N–H and O–H groups in total. The summed E-state index contributed by atoms with van der Waals surface area (Å²) in [5.74, 6) is 0.532. The Balaban J connectivity index is 1.18. The van der Waals surface area contributed by atoms with Crippen molar-refractivity contribution in [2.75, 3.05) is 45.1 Å². The lowest BCUT2D eigenvalue weighted by Crippen LogP contribution is -2.52. The number of urea groups is 1. The second-order valence-electron chi connectivity index (χ2n) is 9.26. The summed E-state index contributed by atoms with van der Waals surface area (Å²) < 4.78 is 44.8. The first-order chi connectivity index (χ1) is 18.6. The largest absolute Gasteiger partial charge is 0.438 e. The summed E-state index contributed by atoms with van der Waals surface area (Å²) in [5.41, 5.74) is -0.684. The molecular formula is C26H26F3N7O3. The van der Waals surface area contributed by atoms with E-state index in [1.165, 1.54) is 18.2 Å². The number of amidine groups is 1. The number of carbonyl (C=O) groups excluding carboxylic acids is 2. The molecule has 13 heteroatoms. The van der Waals surface area contributed by atoms with E-state index in [1.807, 2.05) is 7.05 Å². The van der Waals surface area contributed by atoms with Gasteiger partial charge >= 0.3 is 12.2 Å². The van der Waals surface area contributed by atoms with Crippen LogP contribution < -0.4 is 15.4 Å². The molecule has 3 aliphatic rings. The Kier molecular flexibility index (Phi) is 7.24. The lowest BCUT2D eigenvalue weighted by molar-refractivity contribution is -0.137. The average Bonchev–Trinajstić information content (AvgIpc) is 3.30. The fourth-order valence-electron chi connectivity index (χ4n) is 4.22. The Labute approximate surface area is 222 Å². The molecule has 5 rings (SSSR count). The van der Waals surface area contributed by atoms with Gasteiger partial charge in [-0.1, -0.05) is 12.1 Å². The quantitative estimate of drug-likeness (QED) is 0.619. The number of alkyl halides is 3. The molecule has 0 bridgehead atoms. The van der Waals surface area contributed by atoms with Gasteiger partial charge in [0.05, 0.1) is 12.1 Å². The van der Waals surface area contributed by atoms with Crippen LogP contribution in [-0.2, 0) is 6.18 Å². The minimum absolute atomic E-state index is 0.120. The molecule has 0 radical (unpaired) electrons. The van der Waals surface area contributed by atoms with Crippen molar-refractivity contribution in [3.8, 4) is 5.75 Å². The molecule has 1 saturated heterocycles. The number of anilines is 1. The van der Waals surface area contributed by atoms with Crippen molar-refractivity contribution >= 4 is 29.4 Å². The third kappa shape index (κ3) is 6.37. The van der Waals surface area contributed by atoms with E-state index < -0.39 is 23.8 Å². The van der Waals surface area contributed by atoms with Crippen LogP contribution in [-0.4, -0.2) is 84.4 Å². The number of halogens is 3. The molecule has 0 spiro atoms. The van der Waals surface area contributed by atoms with Gasteiger partial charge in [-0.25, -0.2) is 14.8 Å². The molecular weight excluding hydrogens is 515 g/mol. The Morgan fingerprint density at radius 2 is 1.79 bits per heavy atom. The molecule has 3 amide bonds. The molecule has 39 heavy (non-hydrogen) atoms. The first-order valence-corrected chi connectivity index (χ1v) is 12.3. The van der Waals surface area contributed by atoms with E-state index in [9.17, 15) is 22.8 Å². The number of likely N-dealkylation sites (N-methyl/N-ethyl adjacent to an activating group) is 1. The van der Waals surface area contributed by atoms with Crippen LogP contribution in [0.1, 0.15) is 15.9 Å². The highest BCUT2D eigenvalue weighted by Gasteiger charge is 2.31. The van der Waals surface area contributed by atoms with Gasteiger partial charge in [0.15, 0.2) is 0 Å². The number of carbonyl (C=O) groups is 2. The maximum absolute atomic E-state index is 13.0. The summed E-state index contributed by atoms with van der Waals surface area (Å²) in [6, 6.07) is 10.5. The molecule has 2 aromatic rings. The molecule has 1 atom stereocenters. The highest BCUT2D eigenvalue weighted by molar-refractivity contribution is 6.05. The minimum atomic E-state index is -4.55. The summed E-state index contributed by atoms with van der Waals surface area (Å²) >= 11 is 0. The first kappa shape index (κ1) is 26.2. The number of hydrazone groups is 1. The summed E-state index contributed by atoms with van der Waals surface area (Å²) in [6.07, 6.45) is -1.64. The highest BCUT2D eigenvalue weighted by atomic mass is 19.4. The number of hydrogen-bond acceptors (Lipinski definition) is 7. The van der Waals surface area contributed by atoms with E-state index in [1.54, 1.807) is 40.3 Å². The number of nitrogens with one attached hydrogen (secondary N) is 2. The summed E-state index contributed by atoms with van der Waals surface area (Å²) in [7, 11) is 2.02. The lowest BCUT2D eigenvalue weighted by Gasteiger charge is -2.32. The van der Waals surface area contributed by atoms with E-state index in [0.717, 1.165) is 25.2 Å². The molecule has 10 nitrogen and oxygen atoms in total. The van der Waals surface area contributed by atoms with Gasteiger partial charge in [0.25, 0.3) is 5.91 Å². The summed E-state index contributed by atoms with van der Waals surface area (Å²) in [4.78, 5) is 33.6. The first-order valence-electron chi connectivity index (χ1n) is 12.3. The minimum Gasteiger partial charge on any atom is -0.438 e. The van der Waals surface area contributed by atoms with Crippen molar-refractivity contribution in [1.82, 2.24) is 20.1 Å². The number of piperazine rings is 1. The van der Waals surface area contributed by atoms with Crippen LogP contribution in [0, 0.1) is 0 Å². The van der Waals surface area contributed by atoms with E-state index in [0.29, 0.717) is 36.9 Å². The smallest absolute Gasteiger partial charge is 0.416 e. The maximum Gasteiger partial charge on any atom is 0.416 e. The van der Waals surface area contributed by atoms with E-state index in [4.69, 9.17) is 4.74 Å². The molecule has 204 valence electrons. The SMILES string of the molecule is CN1CCN(C(=O)NC2CN3N=C(Oc4cccc(NC(=O)c5cccc(C(F)(F)F)c5)c4)C=CC3=N2)CC1. The van der Waals surface area contributed by atoms with Crippen molar-refractivity contribution in [3.05, 3.63) is 71.8 Å². The fraction of sp³-hybridized carbons (Fsp3) is 0.308. The number of ether oxygens (including phenoxy) is 1. The number of hydrogen-bond donors (Lipinski definition) is 2. The van der Waals surface area contributed by atoms with Gasteiger partial charge in [0.1, 0.15) is 17.8 Å². The zero-order valence-corrected chi connectivity index (χ0v) is 21.0. The van der Waals surface area contributed by atoms with Gasteiger partial charge in [-0.05, 0) is 43.5 Å². The van der Waals surface area contributed by atoms with Crippen molar-refractivity contribution < 1.29 is 27.5 Å². The highest BCUT2D eigenvalue weighted by Crippen LogP contribution is 2.30. The van der Waals surface area contributed by atoms with Crippen LogP contribution in [0.15, 0.2) is 70.8 Å². The number of nitrogens with zero attached hydrogens (tertiary/aromatic N) is 5. The van der Waals surface area contributed by atoms with Crippen LogP contribution in [0.25, 0.3) is 0 Å². The van der Waals surface area contributed by atoms with Crippen LogP contribution in [0.2, 0.25) is 0 Å². The molecule has 1 unspecified atom stereocenters. The Morgan fingerprint density at radius 3 is 2.56 bits per heavy atom. The number of benzene rings is 2. The molecule has 0 saturated carbocycles. The third-order valence-corrected chi connectivity index (χ3v) is 6.34. The van der Waals surface area contributed by atoms with Crippen LogP contribution in [0.3, 0.4) is 0 Å². The second kappa shape index (κ2) is 10.8. The van der Waals surface area contributed by atoms with Gasteiger partial charge in [0.2, 0.25) is 5.90 Å². The van der Waals surface area contributed by atoms with Crippen molar-refractivity contribution in [3.63, 3.8) is 0 Å². The van der Waals surface area contributed by atoms with Crippen LogP contribution in [0.4, 0.5) is 23.7 Å². The number of amides is 3. The molecule has 3 aliphatic heterocycles. The molecule has 2 aromatic carbocycles.